The van der Waals surface area contributed by atoms with E-state index in [1.807, 2.05) is 0 Å². The van der Waals surface area contributed by atoms with Gasteiger partial charge in [0.15, 0.2) is 11.6 Å². The molecule has 4 heteroatoms. The van der Waals surface area contributed by atoms with Gasteiger partial charge in [-0.15, -0.1) is 6.58 Å². The van der Waals surface area contributed by atoms with Gasteiger partial charge in [-0.1, -0.05) is 12.1 Å². The highest BCUT2D eigenvalue weighted by Crippen LogP contribution is 2.15. The van der Waals surface area contributed by atoms with Crippen LogP contribution in [0.3, 0.4) is 0 Å². The van der Waals surface area contributed by atoms with Crippen molar-refractivity contribution in [3.05, 3.63) is 48.1 Å². The van der Waals surface area contributed by atoms with E-state index in [2.05, 4.69) is 11.9 Å². The summed E-state index contributed by atoms with van der Waals surface area (Å²) in [7, 11) is 0. The van der Waals surface area contributed by atoms with Crippen molar-refractivity contribution in [3.63, 3.8) is 0 Å². The Hall–Kier alpha value is -1.26. The van der Waals surface area contributed by atoms with Gasteiger partial charge in [0, 0.05) is 12.6 Å². The molecule has 0 saturated carbocycles. The Morgan fingerprint density at radius 2 is 2.12 bits per heavy atom. The van der Waals surface area contributed by atoms with Crippen LogP contribution in [-0.2, 0) is 0 Å². The van der Waals surface area contributed by atoms with E-state index in [9.17, 15) is 8.78 Å². The maximum Gasteiger partial charge on any atom is 0.159 e. The van der Waals surface area contributed by atoms with Gasteiger partial charge in [0.25, 0.3) is 0 Å². The van der Waals surface area contributed by atoms with Gasteiger partial charge in [-0.05, 0) is 30.7 Å². The number of hydrogen-bond acceptors (Lipinski definition) is 2. The Kier molecular flexibility index (Phi) is 5.08. The molecule has 0 aliphatic rings. The molecule has 1 unspecified atom stereocenters. The number of nitrogens with two attached hydrogens (primary N) is 1. The van der Waals surface area contributed by atoms with Gasteiger partial charge in [-0.2, -0.15) is 0 Å². The Bertz CT molecular complexity index is 353. The minimum atomic E-state index is -0.846. The molecule has 0 bridgehead atoms. The van der Waals surface area contributed by atoms with Crippen LogP contribution < -0.4 is 11.1 Å². The minimum Gasteiger partial charge on any atom is -0.329 e. The number of rotatable bonds is 6. The molecule has 0 saturated heterocycles. The van der Waals surface area contributed by atoms with E-state index in [1.165, 1.54) is 12.1 Å². The smallest absolute Gasteiger partial charge is 0.159 e. The summed E-state index contributed by atoms with van der Waals surface area (Å²) in [4.78, 5) is 0. The van der Waals surface area contributed by atoms with E-state index >= 15 is 0 Å². The summed E-state index contributed by atoms with van der Waals surface area (Å²) in [5.41, 5.74) is 6.23. The van der Waals surface area contributed by atoms with Crippen LogP contribution in [0.2, 0.25) is 0 Å². The van der Waals surface area contributed by atoms with E-state index in [0.717, 1.165) is 12.5 Å². The van der Waals surface area contributed by atoms with Crippen molar-refractivity contribution in [1.82, 2.24) is 5.32 Å². The van der Waals surface area contributed by atoms with E-state index in [0.29, 0.717) is 18.7 Å². The third kappa shape index (κ3) is 3.40. The molecule has 0 spiro atoms. The Morgan fingerprint density at radius 1 is 1.38 bits per heavy atom. The lowest BCUT2D eigenvalue weighted by Gasteiger charge is -2.16. The summed E-state index contributed by atoms with van der Waals surface area (Å²) in [6, 6.07) is 3.67. The highest BCUT2D eigenvalue weighted by molar-refractivity contribution is 5.21. The predicted molar refractivity (Wildman–Crippen MR) is 61.0 cm³/mol. The van der Waals surface area contributed by atoms with Crippen molar-refractivity contribution in [1.29, 1.82) is 0 Å². The molecular weight excluding hydrogens is 210 g/mol. The fraction of sp³-hybridized carbons (Fsp3) is 0.333. The summed E-state index contributed by atoms with van der Waals surface area (Å²) in [5, 5.41) is 3.15. The third-order valence-corrected chi connectivity index (χ3v) is 2.32. The Labute approximate surface area is 94.2 Å². The van der Waals surface area contributed by atoms with Gasteiger partial charge in [-0.25, -0.2) is 8.78 Å². The molecule has 0 aliphatic carbocycles. The summed E-state index contributed by atoms with van der Waals surface area (Å²) in [6.45, 7) is 4.65. The molecule has 3 N–H and O–H groups in total. The fourth-order valence-corrected chi connectivity index (χ4v) is 1.43. The zero-order chi connectivity index (χ0) is 12.0. The largest absolute Gasteiger partial charge is 0.329 e. The lowest BCUT2D eigenvalue weighted by atomic mass is 10.1. The lowest BCUT2D eigenvalue weighted by Crippen LogP contribution is -2.28. The lowest BCUT2D eigenvalue weighted by molar-refractivity contribution is 0.497. The Balaban J connectivity index is 2.70. The molecule has 1 atom stereocenters. The number of benzene rings is 1. The molecule has 1 rings (SSSR count). The first-order valence-corrected chi connectivity index (χ1v) is 5.18. The van der Waals surface area contributed by atoms with Crippen molar-refractivity contribution >= 4 is 0 Å². The summed E-state index contributed by atoms with van der Waals surface area (Å²) in [6.07, 6.45) is 2.59. The first-order valence-electron chi connectivity index (χ1n) is 5.18. The van der Waals surface area contributed by atoms with Crippen LogP contribution in [0, 0.1) is 11.6 Å². The van der Waals surface area contributed by atoms with E-state index < -0.39 is 11.6 Å². The van der Waals surface area contributed by atoms with Gasteiger partial charge in [0.05, 0.1) is 0 Å². The standard InChI is InChI=1S/C12H16F2N2/c1-2-3-6-16-12(8-15)9-4-5-10(13)11(14)7-9/h2,4-5,7,12,16H,1,3,6,8,15H2. The molecule has 0 aromatic heterocycles. The highest BCUT2D eigenvalue weighted by Gasteiger charge is 2.11. The van der Waals surface area contributed by atoms with Crippen molar-refractivity contribution in [2.75, 3.05) is 13.1 Å². The topological polar surface area (TPSA) is 38.0 Å². The average Bonchev–Trinajstić information content (AvgIpc) is 2.29. The second kappa shape index (κ2) is 6.35. The van der Waals surface area contributed by atoms with Gasteiger partial charge >= 0.3 is 0 Å². The van der Waals surface area contributed by atoms with Gasteiger partial charge in [0.2, 0.25) is 0 Å². The molecule has 1 aromatic rings. The van der Waals surface area contributed by atoms with Crippen molar-refractivity contribution in [2.45, 2.75) is 12.5 Å². The monoisotopic (exact) mass is 226 g/mol. The third-order valence-electron chi connectivity index (χ3n) is 2.32. The van der Waals surface area contributed by atoms with Crippen LogP contribution >= 0.6 is 0 Å². The first-order chi connectivity index (χ1) is 7.69. The number of hydrogen-bond donors (Lipinski definition) is 2. The number of nitrogens with one attached hydrogen (secondary N) is 1. The van der Waals surface area contributed by atoms with Crippen molar-refractivity contribution in [3.8, 4) is 0 Å². The second-order valence-electron chi connectivity index (χ2n) is 3.49. The molecule has 1 aromatic carbocycles. The molecule has 0 fully saturated rings. The molecule has 88 valence electrons. The van der Waals surface area contributed by atoms with Crippen molar-refractivity contribution in [2.24, 2.45) is 5.73 Å². The van der Waals surface area contributed by atoms with Gasteiger partial charge < -0.3 is 11.1 Å². The first kappa shape index (κ1) is 12.8. The van der Waals surface area contributed by atoms with E-state index in [4.69, 9.17) is 5.73 Å². The van der Waals surface area contributed by atoms with Crippen LogP contribution in [0.1, 0.15) is 18.0 Å². The SMILES string of the molecule is C=CCCNC(CN)c1ccc(F)c(F)c1. The molecule has 16 heavy (non-hydrogen) atoms. The molecule has 0 amide bonds. The maximum absolute atomic E-state index is 13.0. The average molecular weight is 226 g/mol. The molecular formula is C12H16F2N2. The normalized spacial score (nSPS) is 12.4. The van der Waals surface area contributed by atoms with E-state index in [-0.39, 0.29) is 6.04 Å². The van der Waals surface area contributed by atoms with Crippen LogP contribution in [0.4, 0.5) is 8.78 Å². The minimum absolute atomic E-state index is 0.157. The second-order valence-corrected chi connectivity index (χ2v) is 3.49. The molecule has 0 heterocycles. The van der Waals surface area contributed by atoms with Crippen LogP contribution in [-0.4, -0.2) is 13.1 Å². The summed E-state index contributed by atoms with van der Waals surface area (Å²) >= 11 is 0. The number of halogens is 2. The van der Waals surface area contributed by atoms with Crippen LogP contribution in [0.15, 0.2) is 30.9 Å². The van der Waals surface area contributed by atoms with Crippen LogP contribution in [0.25, 0.3) is 0 Å². The summed E-state index contributed by atoms with van der Waals surface area (Å²) in [5.74, 6) is -1.69. The van der Waals surface area contributed by atoms with Gasteiger partial charge in [0.1, 0.15) is 0 Å². The summed E-state index contributed by atoms with van der Waals surface area (Å²) < 4.78 is 25.7. The van der Waals surface area contributed by atoms with Crippen LogP contribution in [0.5, 0.6) is 0 Å². The molecule has 0 radical (unpaired) electrons. The zero-order valence-corrected chi connectivity index (χ0v) is 9.05. The fourth-order valence-electron chi connectivity index (χ4n) is 1.43. The predicted octanol–water partition coefficient (Wildman–Crippen LogP) is 2.13. The maximum atomic E-state index is 13.0. The van der Waals surface area contributed by atoms with E-state index in [1.54, 1.807) is 6.08 Å². The quantitative estimate of drug-likeness (QED) is 0.576. The van der Waals surface area contributed by atoms with Gasteiger partial charge in [-0.3, -0.25) is 0 Å². The van der Waals surface area contributed by atoms with Crippen molar-refractivity contribution < 1.29 is 8.78 Å². The molecule has 2 nitrogen and oxygen atoms in total. The highest BCUT2D eigenvalue weighted by atomic mass is 19.2. The zero-order valence-electron chi connectivity index (χ0n) is 9.05. The Morgan fingerprint density at radius 3 is 2.69 bits per heavy atom. The molecule has 0 aliphatic heterocycles.